The number of ether oxygens (including phenoxy) is 3. The Morgan fingerprint density at radius 3 is 2.26 bits per heavy atom. The lowest BCUT2D eigenvalue weighted by Gasteiger charge is -2.16. The third kappa shape index (κ3) is 12.0. The van der Waals surface area contributed by atoms with Gasteiger partial charge >= 0.3 is 17.9 Å². The van der Waals surface area contributed by atoms with Gasteiger partial charge in [0.05, 0.1) is 29.1 Å². The summed E-state index contributed by atoms with van der Waals surface area (Å²) in [5.41, 5.74) is -0.115. The Morgan fingerprint density at radius 2 is 1.67 bits per heavy atom. The third-order valence-corrected chi connectivity index (χ3v) is 6.97. The van der Waals surface area contributed by atoms with Gasteiger partial charge in [-0.3, -0.25) is 9.59 Å². The Labute approximate surface area is 249 Å². The highest BCUT2D eigenvalue weighted by molar-refractivity contribution is 7.89. The zero-order valence-electron chi connectivity index (χ0n) is 20.0. The summed E-state index contributed by atoms with van der Waals surface area (Å²) in [6, 6.07) is 5.25. The van der Waals surface area contributed by atoms with Crippen LogP contribution in [0.4, 0.5) is 5.69 Å². The zero-order chi connectivity index (χ0) is 29.1. The van der Waals surface area contributed by atoms with Crippen molar-refractivity contribution in [3.05, 3.63) is 46.9 Å². The molecule has 1 aromatic carbocycles. The highest BCUT2D eigenvalue weighted by atomic mass is 35.6. The second kappa shape index (κ2) is 15.8. The Hall–Kier alpha value is -1.93. The van der Waals surface area contributed by atoms with Gasteiger partial charge in [0.2, 0.25) is 13.8 Å². The Balaban J connectivity index is 2.08. The number of benzene rings is 1. The van der Waals surface area contributed by atoms with Crippen LogP contribution in [0, 0.1) is 0 Å². The number of furan rings is 1. The monoisotopic (exact) mass is 666 g/mol. The molecule has 0 saturated carbocycles. The van der Waals surface area contributed by atoms with E-state index in [2.05, 4.69) is 14.8 Å². The lowest BCUT2D eigenvalue weighted by molar-refractivity contribution is -0.145. The second-order valence-electron chi connectivity index (χ2n) is 7.59. The number of alkyl halides is 4. The van der Waals surface area contributed by atoms with Crippen molar-refractivity contribution in [2.45, 2.75) is 40.9 Å². The standard InChI is InChI=1S/C22H23Cl5N2O9S/c23-12-37-19(30)5-1-2-6-20(31)38-13-29-39(33,34)18-8-15(21(32)36-11-22(25,26)27)17(9-16(18)24)28-10-14-4-3-7-35-14/h3-4,7-9,28-29H,1-2,5-6,10-13H2. The Kier molecular flexibility index (Phi) is 13.4. The smallest absolute Gasteiger partial charge is 0.340 e. The lowest BCUT2D eigenvalue weighted by atomic mass is 10.1. The van der Waals surface area contributed by atoms with Crippen molar-refractivity contribution in [2.75, 3.05) is 24.7 Å². The molecule has 2 N–H and O–H groups in total. The molecule has 0 spiro atoms. The number of nitrogens with one attached hydrogen (secondary N) is 2. The average molecular weight is 669 g/mol. The molecular formula is C22H23Cl5N2O9S. The highest BCUT2D eigenvalue weighted by Gasteiger charge is 2.27. The summed E-state index contributed by atoms with van der Waals surface area (Å²) >= 11 is 28.4. The van der Waals surface area contributed by atoms with Crippen molar-refractivity contribution >= 4 is 91.6 Å². The van der Waals surface area contributed by atoms with E-state index in [1.165, 1.54) is 12.3 Å². The maximum atomic E-state index is 12.9. The molecule has 0 radical (unpaired) electrons. The number of carbonyl (C=O) groups is 3. The summed E-state index contributed by atoms with van der Waals surface area (Å²) in [5.74, 6) is -1.69. The molecule has 216 valence electrons. The summed E-state index contributed by atoms with van der Waals surface area (Å²) in [4.78, 5) is 35.4. The number of rotatable bonds is 15. The number of hydrogen-bond acceptors (Lipinski definition) is 10. The van der Waals surface area contributed by atoms with Crippen molar-refractivity contribution < 1.29 is 41.4 Å². The van der Waals surface area contributed by atoms with E-state index in [-0.39, 0.29) is 41.7 Å². The van der Waals surface area contributed by atoms with Crippen molar-refractivity contribution in [3.63, 3.8) is 0 Å². The van der Waals surface area contributed by atoms with E-state index < -0.39 is 50.0 Å². The predicted molar refractivity (Wildman–Crippen MR) is 145 cm³/mol. The number of carbonyl (C=O) groups excluding carboxylic acids is 3. The van der Waals surface area contributed by atoms with Gasteiger partial charge in [-0.1, -0.05) is 58.0 Å². The largest absolute Gasteiger partial charge is 0.467 e. The van der Waals surface area contributed by atoms with Crippen LogP contribution in [0.15, 0.2) is 39.8 Å². The molecule has 11 nitrogen and oxygen atoms in total. The van der Waals surface area contributed by atoms with Crippen LogP contribution in [0.1, 0.15) is 41.8 Å². The molecule has 2 aromatic rings. The summed E-state index contributed by atoms with van der Waals surface area (Å²) in [7, 11) is -4.37. The van der Waals surface area contributed by atoms with Crippen LogP contribution in [0.25, 0.3) is 0 Å². The minimum Gasteiger partial charge on any atom is -0.467 e. The van der Waals surface area contributed by atoms with Gasteiger partial charge in [-0.2, -0.15) is 4.72 Å². The van der Waals surface area contributed by atoms with E-state index in [0.29, 0.717) is 18.6 Å². The van der Waals surface area contributed by atoms with Gasteiger partial charge in [-0.15, -0.1) is 0 Å². The molecule has 17 heteroatoms. The number of anilines is 1. The molecule has 0 aliphatic heterocycles. The van der Waals surface area contributed by atoms with Crippen molar-refractivity contribution in [2.24, 2.45) is 0 Å². The zero-order valence-corrected chi connectivity index (χ0v) is 24.6. The molecule has 0 amide bonds. The fourth-order valence-electron chi connectivity index (χ4n) is 2.90. The fourth-order valence-corrected chi connectivity index (χ4v) is 4.62. The van der Waals surface area contributed by atoms with Crippen LogP contribution in [0.3, 0.4) is 0 Å². The van der Waals surface area contributed by atoms with Crippen molar-refractivity contribution in [1.29, 1.82) is 0 Å². The summed E-state index contributed by atoms with van der Waals surface area (Å²) < 4.78 is 45.6. The van der Waals surface area contributed by atoms with Crippen LogP contribution in [-0.4, -0.2) is 49.5 Å². The summed E-state index contributed by atoms with van der Waals surface area (Å²) in [5, 5.41) is 2.66. The van der Waals surface area contributed by atoms with E-state index in [9.17, 15) is 22.8 Å². The number of unbranched alkanes of at least 4 members (excludes halogenated alkanes) is 1. The molecule has 0 aliphatic carbocycles. The SMILES string of the molecule is O=C(CCCCC(=O)OCNS(=O)(=O)c1cc(C(=O)OCC(Cl)(Cl)Cl)c(NCc2ccco2)cc1Cl)OCCl. The molecule has 0 bridgehead atoms. The molecule has 2 rings (SSSR count). The predicted octanol–water partition coefficient (Wildman–Crippen LogP) is 5.15. The number of sulfonamides is 1. The van der Waals surface area contributed by atoms with E-state index in [4.69, 9.17) is 71.9 Å². The number of esters is 3. The van der Waals surface area contributed by atoms with Crippen LogP contribution in [0.2, 0.25) is 5.02 Å². The normalized spacial score (nSPS) is 11.6. The van der Waals surface area contributed by atoms with Gasteiger partial charge in [0, 0.05) is 12.8 Å². The lowest BCUT2D eigenvalue weighted by Crippen LogP contribution is -2.28. The number of halogens is 5. The number of hydrogen-bond donors (Lipinski definition) is 2. The van der Waals surface area contributed by atoms with Gasteiger partial charge in [-0.05, 0) is 37.1 Å². The molecular weight excluding hydrogens is 646 g/mol. The van der Waals surface area contributed by atoms with Crippen LogP contribution < -0.4 is 10.0 Å². The van der Waals surface area contributed by atoms with Gasteiger partial charge in [-0.25, -0.2) is 13.2 Å². The first-order chi connectivity index (χ1) is 18.3. The molecule has 0 saturated heterocycles. The van der Waals surface area contributed by atoms with Crippen LogP contribution in [0.5, 0.6) is 0 Å². The van der Waals surface area contributed by atoms with Gasteiger partial charge < -0.3 is 23.9 Å². The topological polar surface area (TPSA) is 150 Å². The van der Waals surface area contributed by atoms with Crippen LogP contribution in [-0.2, 0) is 40.4 Å². The maximum absolute atomic E-state index is 12.9. The van der Waals surface area contributed by atoms with E-state index in [0.717, 1.165) is 6.07 Å². The highest BCUT2D eigenvalue weighted by Crippen LogP contribution is 2.31. The molecule has 39 heavy (non-hydrogen) atoms. The minimum atomic E-state index is -4.37. The molecule has 0 fully saturated rings. The average Bonchev–Trinajstić information content (AvgIpc) is 3.37. The first kappa shape index (κ1) is 33.3. The first-order valence-electron chi connectivity index (χ1n) is 11.0. The van der Waals surface area contributed by atoms with E-state index >= 15 is 0 Å². The van der Waals surface area contributed by atoms with Gasteiger partial charge in [0.25, 0.3) is 0 Å². The maximum Gasteiger partial charge on any atom is 0.340 e. The van der Waals surface area contributed by atoms with Crippen molar-refractivity contribution in [1.82, 2.24) is 4.72 Å². The molecule has 1 aromatic heterocycles. The van der Waals surface area contributed by atoms with Gasteiger partial charge in [0.1, 0.15) is 17.3 Å². The fraction of sp³-hybridized carbons (Fsp3) is 0.409. The van der Waals surface area contributed by atoms with Gasteiger partial charge in [0.15, 0.2) is 12.8 Å². The van der Waals surface area contributed by atoms with E-state index in [1.54, 1.807) is 12.1 Å². The Morgan fingerprint density at radius 1 is 1.00 bits per heavy atom. The molecule has 0 atom stereocenters. The first-order valence-corrected chi connectivity index (χ1v) is 14.6. The summed E-state index contributed by atoms with van der Waals surface area (Å²) in [6.45, 7) is -1.19. The second-order valence-corrected chi connectivity index (χ2v) is 12.5. The third-order valence-electron chi connectivity index (χ3n) is 4.69. The minimum absolute atomic E-state index is 0.0636. The van der Waals surface area contributed by atoms with E-state index in [1.807, 2.05) is 0 Å². The van der Waals surface area contributed by atoms with Crippen molar-refractivity contribution in [3.8, 4) is 0 Å². The Bertz CT molecular complexity index is 1240. The molecule has 0 unspecified atom stereocenters. The quantitative estimate of drug-likeness (QED) is 0.0858. The molecule has 0 aliphatic rings. The van der Waals surface area contributed by atoms with Crippen LogP contribution >= 0.6 is 58.0 Å². The molecule has 1 heterocycles. The summed E-state index contributed by atoms with van der Waals surface area (Å²) in [6.07, 6.45) is 2.12.